The molecule has 1 heterocycles. The van der Waals surface area contributed by atoms with Crippen LogP contribution in [0, 0.1) is 0 Å². The summed E-state index contributed by atoms with van der Waals surface area (Å²) in [6.45, 7) is 4.82. The molecule has 1 aromatic heterocycles. The molecule has 1 aliphatic rings. The third-order valence-electron chi connectivity index (χ3n) is 10.4. The maximum Gasteiger partial charge on any atom is 0.0361 e. The summed E-state index contributed by atoms with van der Waals surface area (Å²) in [7, 11) is 0. The smallest absolute Gasteiger partial charge is 0.0361 e. The molecule has 216 valence electrons. The molecule has 0 N–H and O–H groups in total. The van der Waals surface area contributed by atoms with Crippen molar-refractivity contribution in [2.75, 3.05) is 0 Å². The van der Waals surface area contributed by atoms with Crippen LogP contribution in [-0.2, 0) is 5.41 Å². The lowest BCUT2D eigenvalue weighted by Crippen LogP contribution is -2.16. The van der Waals surface area contributed by atoms with Crippen LogP contribution < -0.4 is 0 Å². The molecule has 0 saturated heterocycles. The molecule has 1 aliphatic carbocycles. The number of benzene rings is 8. The number of rotatable bonds is 2. The SMILES string of the molecule is CC1(C)c2ccccc2-c2cc3ccccc3c(-c3c4ccccc4c(-c4ccc5c(c4)sc4ccccc45)c4ccccc34)c21. The maximum absolute atomic E-state index is 2.43. The van der Waals surface area contributed by atoms with Crippen LogP contribution in [-0.4, -0.2) is 0 Å². The van der Waals surface area contributed by atoms with E-state index in [0.717, 1.165) is 0 Å². The molecule has 0 fully saturated rings. The summed E-state index contributed by atoms with van der Waals surface area (Å²) < 4.78 is 2.68. The van der Waals surface area contributed by atoms with Crippen LogP contribution in [0.15, 0.2) is 146 Å². The molecule has 9 aromatic rings. The van der Waals surface area contributed by atoms with Crippen molar-refractivity contribution in [1.82, 2.24) is 0 Å². The average Bonchev–Trinajstić information content (AvgIpc) is 3.58. The lowest BCUT2D eigenvalue weighted by Gasteiger charge is -2.27. The zero-order valence-electron chi connectivity index (χ0n) is 25.8. The predicted molar refractivity (Wildman–Crippen MR) is 200 cm³/mol. The Hall–Kier alpha value is -5.24. The second-order valence-corrected chi connectivity index (χ2v) is 14.3. The molecule has 0 saturated carbocycles. The van der Waals surface area contributed by atoms with E-state index < -0.39 is 0 Å². The van der Waals surface area contributed by atoms with Gasteiger partial charge in [-0.15, -0.1) is 11.3 Å². The molecular weight excluding hydrogens is 573 g/mol. The molecule has 0 bridgehead atoms. The summed E-state index contributed by atoms with van der Waals surface area (Å²) in [5, 5.41) is 10.5. The minimum absolute atomic E-state index is 0.140. The van der Waals surface area contributed by atoms with Crippen molar-refractivity contribution in [1.29, 1.82) is 0 Å². The zero-order valence-corrected chi connectivity index (χ0v) is 26.6. The third-order valence-corrected chi connectivity index (χ3v) is 11.5. The lowest BCUT2D eigenvalue weighted by atomic mass is 9.75. The van der Waals surface area contributed by atoms with Gasteiger partial charge in [-0.3, -0.25) is 0 Å². The molecule has 46 heavy (non-hydrogen) atoms. The van der Waals surface area contributed by atoms with E-state index in [2.05, 4.69) is 159 Å². The Kier molecular flexibility index (Phi) is 5.31. The Labute approximate surface area is 272 Å². The van der Waals surface area contributed by atoms with Crippen LogP contribution in [0.5, 0.6) is 0 Å². The number of hydrogen-bond donors (Lipinski definition) is 0. The maximum atomic E-state index is 2.43. The van der Waals surface area contributed by atoms with Gasteiger partial charge in [0.2, 0.25) is 0 Å². The molecule has 10 rings (SSSR count). The minimum atomic E-state index is -0.140. The predicted octanol–water partition coefficient (Wildman–Crippen LogP) is 13.2. The molecule has 0 spiro atoms. The molecule has 0 nitrogen and oxygen atoms in total. The second kappa shape index (κ2) is 9.39. The average molecular weight is 603 g/mol. The largest absolute Gasteiger partial charge is 0.135 e. The summed E-state index contributed by atoms with van der Waals surface area (Å²) in [5.41, 5.74) is 10.7. The zero-order chi connectivity index (χ0) is 30.6. The van der Waals surface area contributed by atoms with Gasteiger partial charge in [0.1, 0.15) is 0 Å². The Balaban J connectivity index is 1.36. The first-order chi connectivity index (χ1) is 22.6. The molecule has 8 aromatic carbocycles. The quantitative estimate of drug-likeness (QED) is 0.173. The summed E-state index contributed by atoms with van der Waals surface area (Å²) in [5.74, 6) is 0. The van der Waals surface area contributed by atoms with Crippen molar-refractivity contribution >= 4 is 63.8 Å². The summed E-state index contributed by atoms with van der Waals surface area (Å²) >= 11 is 1.89. The van der Waals surface area contributed by atoms with Gasteiger partial charge in [-0.05, 0) is 95.0 Å². The van der Waals surface area contributed by atoms with E-state index in [1.54, 1.807) is 0 Å². The Morgan fingerprint density at radius 1 is 0.413 bits per heavy atom. The van der Waals surface area contributed by atoms with E-state index in [1.165, 1.54) is 97.0 Å². The highest BCUT2D eigenvalue weighted by Gasteiger charge is 2.39. The highest BCUT2D eigenvalue weighted by atomic mass is 32.1. The van der Waals surface area contributed by atoms with Gasteiger partial charge >= 0.3 is 0 Å². The molecule has 0 unspecified atom stereocenters. The Morgan fingerprint density at radius 3 is 1.72 bits per heavy atom. The fraction of sp³-hybridized carbons (Fsp3) is 0.0667. The van der Waals surface area contributed by atoms with Crippen LogP contribution in [0.25, 0.3) is 85.9 Å². The van der Waals surface area contributed by atoms with Gasteiger partial charge in [-0.2, -0.15) is 0 Å². The lowest BCUT2D eigenvalue weighted by molar-refractivity contribution is 0.663. The summed E-state index contributed by atoms with van der Waals surface area (Å²) in [6.07, 6.45) is 0. The number of thiophene rings is 1. The Morgan fingerprint density at radius 2 is 0.978 bits per heavy atom. The van der Waals surface area contributed by atoms with Gasteiger partial charge in [0.15, 0.2) is 0 Å². The van der Waals surface area contributed by atoms with Gasteiger partial charge in [-0.25, -0.2) is 0 Å². The molecule has 1 heteroatoms. The van der Waals surface area contributed by atoms with Crippen molar-refractivity contribution in [2.45, 2.75) is 19.3 Å². The second-order valence-electron chi connectivity index (χ2n) is 13.2. The molecule has 0 aliphatic heterocycles. The highest BCUT2D eigenvalue weighted by Crippen LogP contribution is 2.56. The summed E-state index contributed by atoms with van der Waals surface area (Å²) in [6, 6.07) is 54.5. The van der Waals surface area contributed by atoms with Crippen LogP contribution in [0.4, 0.5) is 0 Å². The molecular formula is C45H30S. The van der Waals surface area contributed by atoms with Crippen molar-refractivity contribution in [2.24, 2.45) is 0 Å². The summed E-state index contributed by atoms with van der Waals surface area (Å²) in [4.78, 5) is 0. The fourth-order valence-corrected chi connectivity index (χ4v) is 9.60. The van der Waals surface area contributed by atoms with Gasteiger partial charge in [0.25, 0.3) is 0 Å². The minimum Gasteiger partial charge on any atom is -0.135 e. The fourth-order valence-electron chi connectivity index (χ4n) is 8.46. The van der Waals surface area contributed by atoms with Crippen molar-refractivity contribution < 1.29 is 0 Å². The third kappa shape index (κ3) is 3.44. The van der Waals surface area contributed by atoms with Gasteiger partial charge in [0, 0.05) is 25.6 Å². The first kappa shape index (κ1) is 26.0. The van der Waals surface area contributed by atoms with Crippen LogP contribution >= 0.6 is 11.3 Å². The van der Waals surface area contributed by atoms with E-state index in [0.29, 0.717) is 0 Å². The van der Waals surface area contributed by atoms with Gasteiger partial charge < -0.3 is 0 Å². The van der Waals surface area contributed by atoms with Crippen molar-refractivity contribution in [3.8, 4) is 33.4 Å². The van der Waals surface area contributed by atoms with Gasteiger partial charge in [-0.1, -0.05) is 141 Å². The monoisotopic (exact) mass is 602 g/mol. The van der Waals surface area contributed by atoms with Crippen molar-refractivity contribution in [3.05, 3.63) is 157 Å². The van der Waals surface area contributed by atoms with E-state index in [1.807, 2.05) is 11.3 Å². The van der Waals surface area contributed by atoms with Crippen molar-refractivity contribution in [3.63, 3.8) is 0 Å². The van der Waals surface area contributed by atoms with E-state index >= 15 is 0 Å². The van der Waals surface area contributed by atoms with Crippen LogP contribution in [0.3, 0.4) is 0 Å². The first-order valence-electron chi connectivity index (χ1n) is 16.1. The highest BCUT2D eigenvalue weighted by molar-refractivity contribution is 7.25. The number of fused-ring (bicyclic) bond motifs is 9. The van der Waals surface area contributed by atoms with E-state index in [4.69, 9.17) is 0 Å². The normalized spacial score (nSPS) is 13.6. The number of hydrogen-bond acceptors (Lipinski definition) is 1. The molecule has 0 atom stereocenters. The van der Waals surface area contributed by atoms with E-state index in [-0.39, 0.29) is 5.41 Å². The molecule has 0 radical (unpaired) electrons. The Bertz CT molecular complexity index is 2660. The standard InChI is InChI=1S/C45H30S/c1-45(2)38-21-11-9-15-30(38)37-25-27-13-3-4-14-29(27)43(44(37)45)42-35-19-7-5-17-33(35)41(34-18-6-8-20-36(34)42)28-23-24-32-31-16-10-12-22-39(31)46-40(32)26-28/h3-26H,1-2H3. The van der Waals surface area contributed by atoms with Crippen LogP contribution in [0.2, 0.25) is 0 Å². The topological polar surface area (TPSA) is 0 Å². The van der Waals surface area contributed by atoms with Gasteiger partial charge in [0.05, 0.1) is 0 Å². The van der Waals surface area contributed by atoms with Crippen LogP contribution in [0.1, 0.15) is 25.0 Å². The van der Waals surface area contributed by atoms with E-state index in [9.17, 15) is 0 Å². The molecule has 0 amide bonds. The first-order valence-corrected chi connectivity index (χ1v) is 16.9.